The molecule has 1 aromatic carbocycles. The topological polar surface area (TPSA) is 73.1 Å². The van der Waals surface area contributed by atoms with Gasteiger partial charge in [0.05, 0.1) is 30.5 Å². The zero-order valence-electron chi connectivity index (χ0n) is 17.7. The minimum atomic E-state index is -4.56. The third kappa shape index (κ3) is 3.47. The number of morpholine rings is 1. The average molecular weight is 461 g/mol. The van der Waals surface area contributed by atoms with Crippen LogP contribution < -0.4 is 0 Å². The van der Waals surface area contributed by atoms with E-state index in [4.69, 9.17) is 4.74 Å². The lowest BCUT2D eigenvalue weighted by atomic mass is 9.97. The van der Waals surface area contributed by atoms with Crippen LogP contribution in [0.5, 0.6) is 0 Å². The van der Waals surface area contributed by atoms with E-state index in [1.165, 1.54) is 31.2 Å². The summed E-state index contributed by atoms with van der Waals surface area (Å²) in [5.74, 6) is -0.0610. The third-order valence-corrected chi connectivity index (χ3v) is 6.14. The highest BCUT2D eigenvalue weighted by atomic mass is 19.4. The van der Waals surface area contributed by atoms with Crippen LogP contribution in [-0.4, -0.2) is 49.8 Å². The number of alkyl halides is 3. The predicted molar refractivity (Wildman–Crippen MR) is 108 cm³/mol. The summed E-state index contributed by atoms with van der Waals surface area (Å²) in [5, 5.41) is 8.45. The maximum atomic E-state index is 13.7. The number of carbonyl (C=O) groups excluding carboxylic acids is 1. The van der Waals surface area contributed by atoms with Crippen LogP contribution in [0.3, 0.4) is 0 Å². The first-order chi connectivity index (χ1) is 15.7. The number of fused-ring (bicyclic) bond motifs is 4. The molecule has 0 N–H and O–H groups in total. The van der Waals surface area contributed by atoms with Crippen LogP contribution in [0, 0.1) is 19.7 Å². The molecular weight excluding hydrogens is 442 g/mol. The zero-order chi connectivity index (χ0) is 23.5. The third-order valence-electron chi connectivity index (χ3n) is 6.14. The lowest BCUT2D eigenvalue weighted by Gasteiger charge is -2.45. The second-order valence-corrected chi connectivity index (χ2v) is 8.15. The van der Waals surface area contributed by atoms with Crippen LogP contribution in [0.4, 0.5) is 17.6 Å². The van der Waals surface area contributed by atoms with Crippen molar-refractivity contribution in [1.29, 1.82) is 0 Å². The summed E-state index contributed by atoms with van der Waals surface area (Å²) in [5.41, 5.74) is -0.297. The quantitative estimate of drug-likeness (QED) is 0.544. The Bertz CT molecular complexity index is 1260. The van der Waals surface area contributed by atoms with Gasteiger partial charge in [-0.05, 0) is 43.7 Å². The smallest absolute Gasteiger partial charge is 0.377 e. The molecule has 0 saturated carbocycles. The fraction of sp³-hybridized carbons (Fsp3) is 0.364. The highest BCUT2D eigenvalue weighted by Gasteiger charge is 2.45. The largest absolute Gasteiger partial charge is 0.416 e. The van der Waals surface area contributed by atoms with Gasteiger partial charge >= 0.3 is 6.18 Å². The van der Waals surface area contributed by atoms with Crippen molar-refractivity contribution in [1.82, 2.24) is 24.6 Å². The van der Waals surface area contributed by atoms with Gasteiger partial charge in [0, 0.05) is 12.1 Å². The Hall–Kier alpha value is -3.34. The number of hydrogen-bond acceptors (Lipinski definition) is 5. The highest BCUT2D eigenvalue weighted by Crippen LogP contribution is 2.38. The Labute approximate surface area is 186 Å². The van der Waals surface area contributed by atoms with E-state index in [0.717, 1.165) is 6.07 Å². The van der Waals surface area contributed by atoms with Gasteiger partial charge in [-0.15, -0.1) is 10.2 Å². The molecule has 2 aliphatic heterocycles. The van der Waals surface area contributed by atoms with Crippen molar-refractivity contribution in [2.75, 3.05) is 13.2 Å². The first kappa shape index (κ1) is 21.5. The standard InChI is InChI=1S/C22H19F4N5O2/c1-11-14(4-3-5-15(11)22(24,25)26)21(32)31-13-8-30-19(17-7-6-16(23)12(2)27-17)28-29-20(30)18(31)10-33-9-13/h3-7,13,18H,8-10H2,1-2H3/t13?,18-/m1/s1. The summed E-state index contributed by atoms with van der Waals surface area (Å²) in [6.07, 6.45) is -4.56. The number of rotatable bonds is 2. The molecule has 2 aromatic heterocycles. The van der Waals surface area contributed by atoms with E-state index in [9.17, 15) is 22.4 Å². The summed E-state index contributed by atoms with van der Waals surface area (Å²) in [6, 6.07) is 5.36. The Morgan fingerprint density at radius 3 is 2.64 bits per heavy atom. The number of ether oxygens (including phenoxy) is 1. The van der Waals surface area contributed by atoms with E-state index in [-0.39, 0.29) is 36.6 Å². The van der Waals surface area contributed by atoms with Crippen LogP contribution in [0.1, 0.15) is 39.0 Å². The van der Waals surface area contributed by atoms with Gasteiger partial charge in [-0.1, -0.05) is 6.07 Å². The SMILES string of the molecule is Cc1nc(-c2nnc3n2CC2COC[C@H]3N2C(=O)c2cccc(C(F)(F)F)c2C)ccc1F. The maximum absolute atomic E-state index is 13.7. The number of nitrogens with zero attached hydrogens (tertiary/aromatic N) is 5. The molecule has 33 heavy (non-hydrogen) atoms. The lowest BCUT2D eigenvalue weighted by Crippen LogP contribution is -2.56. The van der Waals surface area contributed by atoms with Gasteiger partial charge in [0.2, 0.25) is 0 Å². The molecule has 5 rings (SSSR count). The van der Waals surface area contributed by atoms with E-state index in [1.54, 1.807) is 11.8 Å². The van der Waals surface area contributed by atoms with Crippen LogP contribution in [0.25, 0.3) is 11.5 Å². The number of pyridine rings is 1. The van der Waals surface area contributed by atoms with Gasteiger partial charge in [0.15, 0.2) is 11.6 Å². The van der Waals surface area contributed by atoms with Crippen LogP contribution in [-0.2, 0) is 17.5 Å². The van der Waals surface area contributed by atoms with Crippen molar-refractivity contribution < 1.29 is 27.1 Å². The van der Waals surface area contributed by atoms with Gasteiger partial charge < -0.3 is 14.2 Å². The fourth-order valence-corrected chi connectivity index (χ4v) is 4.50. The monoisotopic (exact) mass is 461 g/mol. The number of halogens is 4. The summed E-state index contributed by atoms with van der Waals surface area (Å²) < 4.78 is 61.3. The van der Waals surface area contributed by atoms with E-state index in [2.05, 4.69) is 15.2 Å². The van der Waals surface area contributed by atoms with Crippen molar-refractivity contribution >= 4 is 5.91 Å². The Morgan fingerprint density at radius 1 is 1.12 bits per heavy atom. The van der Waals surface area contributed by atoms with E-state index in [1.807, 2.05) is 4.57 Å². The van der Waals surface area contributed by atoms with Crippen LogP contribution in [0.2, 0.25) is 0 Å². The summed E-state index contributed by atoms with van der Waals surface area (Å²) >= 11 is 0. The van der Waals surface area contributed by atoms with Crippen molar-refractivity contribution in [3.05, 3.63) is 64.4 Å². The first-order valence-corrected chi connectivity index (χ1v) is 10.3. The van der Waals surface area contributed by atoms with Gasteiger partial charge in [0.1, 0.15) is 17.6 Å². The maximum Gasteiger partial charge on any atom is 0.416 e. The van der Waals surface area contributed by atoms with Crippen LogP contribution >= 0.6 is 0 Å². The van der Waals surface area contributed by atoms with Crippen LogP contribution in [0.15, 0.2) is 30.3 Å². The number of aromatic nitrogens is 4. The summed E-state index contributed by atoms with van der Waals surface area (Å²) in [4.78, 5) is 19.3. The van der Waals surface area contributed by atoms with Crippen molar-refractivity contribution in [2.24, 2.45) is 0 Å². The van der Waals surface area contributed by atoms with Gasteiger partial charge in [0.25, 0.3) is 5.91 Å². The van der Waals surface area contributed by atoms with E-state index < -0.39 is 35.5 Å². The summed E-state index contributed by atoms with van der Waals surface area (Å²) in [7, 11) is 0. The molecule has 0 aliphatic carbocycles. The molecule has 4 heterocycles. The highest BCUT2D eigenvalue weighted by molar-refractivity contribution is 5.96. The molecule has 2 aliphatic rings. The fourth-order valence-electron chi connectivity index (χ4n) is 4.50. The number of benzene rings is 1. The Morgan fingerprint density at radius 2 is 1.91 bits per heavy atom. The molecule has 7 nitrogen and oxygen atoms in total. The number of carbonyl (C=O) groups is 1. The average Bonchev–Trinajstić information content (AvgIpc) is 3.17. The molecule has 0 radical (unpaired) electrons. The van der Waals surface area contributed by atoms with Gasteiger partial charge in [-0.2, -0.15) is 13.2 Å². The van der Waals surface area contributed by atoms with E-state index >= 15 is 0 Å². The molecule has 2 atom stereocenters. The second-order valence-electron chi connectivity index (χ2n) is 8.15. The van der Waals surface area contributed by atoms with E-state index in [0.29, 0.717) is 17.3 Å². The zero-order valence-corrected chi connectivity index (χ0v) is 17.7. The number of hydrogen-bond donors (Lipinski definition) is 0. The van der Waals surface area contributed by atoms with Crippen molar-refractivity contribution in [3.63, 3.8) is 0 Å². The van der Waals surface area contributed by atoms with Crippen molar-refractivity contribution in [2.45, 2.75) is 38.7 Å². The first-order valence-electron chi connectivity index (χ1n) is 10.3. The second kappa shape index (κ2) is 7.62. The molecule has 172 valence electrons. The minimum Gasteiger partial charge on any atom is -0.377 e. The van der Waals surface area contributed by atoms with Gasteiger partial charge in [-0.25, -0.2) is 9.37 Å². The molecule has 1 amide bonds. The predicted octanol–water partition coefficient (Wildman–Crippen LogP) is 3.71. The van der Waals surface area contributed by atoms with Crippen molar-refractivity contribution in [3.8, 4) is 11.5 Å². The lowest BCUT2D eigenvalue weighted by molar-refractivity contribution is -0.138. The Balaban J connectivity index is 1.54. The number of aryl methyl sites for hydroxylation is 1. The van der Waals surface area contributed by atoms with Gasteiger partial charge in [-0.3, -0.25) is 4.79 Å². The molecule has 2 bridgehead atoms. The summed E-state index contributed by atoms with van der Waals surface area (Å²) in [6.45, 7) is 3.47. The molecule has 1 unspecified atom stereocenters. The molecular formula is C22H19F4N5O2. The molecule has 3 aromatic rings. The minimum absolute atomic E-state index is 0.00857. The normalized spacial score (nSPS) is 20.0. The molecule has 1 fully saturated rings. The Kier molecular flexibility index (Phi) is 4.96. The molecule has 1 saturated heterocycles. The molecule has 11 heteroatoms. The number of amides is 1. The molecule has 0 spiro atoms.